The second kappa shape index (κ2) is 17.2. The van der Waals surface area contributed by atoms with Gasteiger partial charge in [0.15, 0.2) is 0 Å². The Kier molecular flexibility index (Phi) is 14.1. The van der Waals surface area contributed by atoms with E-state index in [9.17, 15) is 0 Å². The minimum atomic E-state index is 1.23. The fraction of sp³-hybridized carbons (Fsp3) is 0.600. The first-order chi connectivity index (χ1) is 14.9. The van der Waals surface area contributed by atoms with Gasteiger partial charge in [-0.2, -0.15) is 0 Å². The lowest BCUT2D eigenvalue weighted by Crippen LogP contribution is -1.87. The fourth-order valence-corrected chi connectivity index (χ4v) is 4.32. The van der Waals surface area contributed by atoms with Crippen LogP contribution in [0.3, 0.4) is 0 Å². The molecular weight excluding hydrogens is 360 g/mol. The standard InChI is InChI=1S/C30H46/c1-2-3-4-5-6-7-8-9-10-11-12-13-14-15-16-17-18-19-22-28-25-26-29-23-20-21-24-30(29)27-28/h7-8,20-21,23-27H,2-6,9-19,22H2,1H3/b8-7+. The Bertz CT molecular complexity index is 681. The van der Waals surface area contributed by atoms with Gasteiger partial charge in [-0.3, -0.25) is 0 Å². The van der Waals surface area contributed by atoms with E-state index in [-0.39, 0.29) is 0 Å². The van der Waals surface area contributed by atoms with Gasteiger partial charge in [0.2, 0.25) is 0 Å². The van der Waals surface area contributed by atoms with Gasteiger partial charge in [-0.05, 0) is 54.9 Å². The molecule has 30 heavy (non-hydrogen) atoms. The van der Waals surface area contributed by atoms with Crippen molar-refractivity contribution in [3.05, 3.63) is 60.2 Å². The Morgan fingerprint density at radius 2 is 1.07 bits per heavy atom. The van der Waals surface area contributed by atoms with Crippen molar-refractivity contribution in [3.63, 3.8) is 0 Å². The summed E-state index contributed by atoms with van der Waals surface area (Å²) in [5.41, 5.74) is 1.50. The van der Waals surface area contributed by atoms with Crippen molar-refractivity contribution in [2.45, 2.75) is 116 Å². The van der Waals surface area contributed by atoms with Gasteiger partial charge >= 0.3 is 0 Å². The molecule has 0 aliphatic rings. The summed E-state index contributed by atoms with van der Waals surface area (Å²) < 4.78 is 0. The molecule has 0 aromatic heterocycles. The lowest BCUT2D eigenvalue weighted by atomic mass is 10.0. The highest BCUT2D eigenvalue weighted by Gasteiger charge is 1.98. The van der Waals surface area contributed by atoms with E-state index in [0.29, 0.717) is 0 Å². The van der Waals surface area contributed by atoms with E-state index in [1.165, 1.54) is 125 Å². The van der Waals surface area contributed by atoms with Crippen LogP contribution in [0.2, 0.25) is 0 Å². The number of unbranched alkanes of at least 4 members (excludes halogenated alkanes) is 14. The number of hydrogen-bond donors (Lipinski definition) is 0. The molecule has 0 fully saturated rings. The van der Waals surface area contributed by atoms with Crippen LogP contribution in [0.1, 0.15) is 115 Å². The van der Waals surface area contributed by atoms with Gasteiger partial charge in [-0.25, -0.2) is 0 Å². The van der Waals surface area contributed by atoms with Crippen molar-refractivity contribution >= 4 is 10.8 Å². The zero-order valence-corrected chi connectivity index (χ0v) is 19.7. The van der Waals surface area contributed by atoms with Crippen molar-refractivity contribution in [2.75, 3.05) is 0 Å². The largest absolute Gasteiger partial charge is 0.0885 e. The molecule has 0 saturated carbocycles. The molecule has 0 saturated heterocycles. The Hall–Kier alpha value is -1.56. The Morgan fingerprint density at radius 1 is 0.533 bits per heavy atom. The summed E-state index contributed by atoms with van der Waals surface area (Å²) in [6, 6.07) is 15.6. The Morgan fingerprint density at radius 3 is 1.70 bits per heavy atom. The molecule has 2 rings (SSSR count). The molecule has 0 spiro atoms. The number of allylic oxidation sites excluding steroid dienone is 2. The van der Waals surface area contributed by atoms with Gasteiger partial charge in [0.05, 0.1) is 0 Å². The molecule has 2 aromatic rings. The summed E-state index contributed by atoms with van der Waals surface area (Å²) in [6.45, 7) is 2.28. The monoisotopic (exact) mass is 406 g/mol. The van der Waals surface area contributed by atoms with E-state index < -0.39 is 0 Å². The van der Waals surface area contributed by atoms with E-state index in [2.05, 4.69) is 61.5 Å². The highest BCUT2D eigenvalue weighted by atomic mass is 14.0. The molecule has 0 atom stereocenters. The smallest absolute Gasteiger partial charge is 0.0181 e. The first kappa shape index (κ1) is 24.7. The maximum atomic E-state index is 2.42. The molecule has 0 unspecified atom stereocenters. The zero-order valence-electron chi connectivity index (χ0n) is 19.7. The highest BCUT2D eigenvalue weighted by molar-refractivity contribution is 5.82. The maximum Gasteiger partial charge on any atom is -0.0181 e. The molecule has 0 radical (unpaired) electrons. The van der Waals surface area contributed by atoms with Crippen LogP contribution < -0.4 is 0 Å². The quantitative estimate of drug-likeness (QED) is 0.170. The van der Waals surface area contributed by atoms with E-state index >= 15 is 0 Å². The minimum Gasteiger partial charge on any atom is -0.0885 e. The normalized spacial score (nSPS) is 11.6. The van der Waals surface area contributed by atoms with Crippen LogP contribution in [-0.2, 0) is 6.42 Å². The maximum absolute atomic E-state index is 2.42. The lowest BCUT2D eigenvalue weighted by Gasteiger charge is -2.05. The Labute approximate surface area is 187 Å². The number of aryl methyl sites for hydroxylation is 1. The van der Waals surface area contributed by atoms with Crippen molar-refractivity contribution in [2.24, 2.45) is 0 Å². The summed E-state index contributed by atoms with van der Waals surface area (Å²) in [5, 5.41) is 2.74. The van der Waals surface area contributed by atoms with Crippen LogP contribution in [-0.4, -0.2) is 0 Å². The molecule has 0 heterocycles. The van der Waals surface area contributed by atoms with E-state index in [1.807, 2.05) is 0 Å². The number of hydrogen-bond acceptors (Lipinski definition) is 0. The predicted molar refractivity (Wildman–Crippen MR) is 136 cm³/mol. The van der Waals surface area contributed by atoms with Gasteiger partial charge in [0, 0.05) is 0 Å². The topological polar surface area (TPSA) is 0 Å². The predicted octanol–water partition coefficient (Wildman–Crippen LogP) is 10.2. The molecule has 0 nitrogen and oxygen atoms in total. The van der Waals surface area contributed by atoms with E-state index in [1.54, 1.807) is 0 Å². The third-order valence-corrected chi connectivity index (χ3v) is 6.29. The second-order valence-electron chi connectivity index (χ2n) is 9.08. The van der Waals surface area contributed by atoms with Crippen molar-refractivity contribution in [1.82, 2.24) is 0 Å². The number of rotatable bonds is 18. The van der Waals surface area contributed by atoms with Crippen LogP contribution >= 0.6 is 0 Å². The SMILES string of the molecule is CCCCCC/C=C/CCCCCCCCCCCCc1ccc2ccccc2c1. The fourth-order valence-electron chi connectivity index (χ4n) is 4.32. The molecule has 0 aliphatic carbocycles. The molecule has 0 bridgehead atoms. The third-order valence-electron chi connectivity index (χ3n) is 6.29. The lowest BCUT2D eigenvalue weighted by molar-refractivity contribution is 0.552. The van der Waals surface area contributed by atoms with Crippen LogP contribution in [0, 0.1) is 0 Å². The molecule has 166 valence electrons. The van der Waals surface area contributed by atoms with Crippen LogP contribution in [0.5, 0.6) is 0 Å². The average molecular weight is 407 g/mol. The van der Waals surface area contributed by atoms with Gasteiger partial charge < -0.3 is 0 Å². The number of fused-ring (bicyclic) bond motifs is 1. The Balaban J connectivity index is 1.34. The minimum absolute atomic E-state index is 1.23. The van der Waals surface area contributed by atoms with Crippen LogP contribution in [0.4, 0.5) is 0 Å². The van der Waals surface area contributed by atoms with Crippen molar-refractivity contribution in [1.29, 1.82) is 0 Å². The van der Waals surface area contributed by atoms with Crippen LogP contribution in [0.25, 0.3) is 10.8 Å². The zero-order chi connectivity index (χ0) is 21.1. The molecular formula is C30H46. The van der Waals surface area contributed by atoms with Gasteiger partial charge in [0.1, 0.15) is 0 Å². The van der Waals surface area contributed by atoms with Crippen LogP contribution in [0.15, 0.2) is 54.6 Å². The molecule has 0 heteroatoms. The van der Waals surface area contributed by atoms with Crippen molar-refractivity contribution in [3.8, 4) is 0 Å². The third kappa shape index (κ3) is 11.6. The van der Waals surface area contributed by atoms with E-state index in [0.717, 1.165) is 0 Å². The summed E-state index contributed by atoms with van der Waals surface area (Å²) in [4.78, 5) is 0. The molecule has 0 N–H and O–H groups in total. The first-order valence-electron chi connectivity index (χ1n) is 13.0. The molecule has 0 aliphatic heterocycles. The van der Waals surface area contributed by atoms with E-state index in [4.69, 9.17) is 0 Å². The highest BCUT2D eigenvalue weighted by Crippen LogP contribution is 2.18. The van der Waals surface area contributed by atoms with Gasteiger partial charge in [-0.1, -0.05) is 132 Å². The summed E-state index contributed by atoms with van der Waals surface area (Å²) >= 11 is 0. The molecule has 0 amide bonds. The summed E-state index contributed by atoms with van der Waals surface area (Å²) in [7, 11) is 0. The summed E-state index contributed by atoms with van der Waals surface area (Å²) in [6.07, 6.45) is 28.3. The summed E-state index contributed by atoms with van der Waals surface area (Å²) in [5.74, 6) is 0. The number of benzene rings is 2. The second-order valence-corrected chi connectivity index (χ2v) is 9.08. The molecule has 2 aromatic carbocycles. The van der Waals surface area contributed by atoms with Crippen molar-refractivity contribution < 1.29 is 0 Å². The van der Waals surface area contributed by atoms with Gasteiger partial charge in [-0.15, -0.1) is 0 Å². The average Bonchev–Trinajstić information content (AvgIpc) is 2.78. The van der Waals surface area contributed by atoms with Gasteiger partial charge in [0.25, 0.3) is 0 Å². The first-order valence-corrected chi connectivity index (χ1v) is 13.0.